The molecule has 0 radical (unpaired) electrons. The minimum absolute atomic E-state index is 0.0119. The fourth-order valence-corrected chi connectivity index (χ4v) is 2.36. The quantitative estimate of drug-likeness (QED) is 0.775. The van der Waals surface area contributed by atoms with Crippen LogP contribution >= 0.6 is 0 Å². The molecular weight excluding hydrogens is 340 g/mol. The number of nitrogens with one attached hydrogen (secondary N) is 1. The van der Waals surface area contributed by atoms with Gasteiger partial charge in [-0.1, -0.05) is 24.3 Å². The SMILES string of the molecule is NC(=O)c1ccccc1NC(=O)COC(=O)[C@@H]1COc2ccccc2O1. The molecule has 0 saturated heterocycles. The summed E-state index contributed by atoms with van der Waals surface area (Å²) in [6, 6.07) is 13.2. The number of hydrogen-bond acceptors (Lipinski definition) is 6. The predicted octanol–water partition coefficient (Wildman–Crippen LogP) is 1.11. The molecule has 0 bridgehead atoms. The van der Waals surface area contributed by atoms with Crippen molar-refractivity contribution >= 4 is 23.5 Å². The molecule has 3 rings (SSSR count). The fraction of sp³-hybridized carbons (Fsp3) is 0.167. The van der Waals surface area contributed by atoms with Crippen molar-refractivity contribution < 1.29 is 28.6 Å². The van der Waals surface area contributed by atoms with E-state index in [0.717, 1.165) is 0 Å². The molecule has 0 spiro atoms. The maximum absolute atomic E-state index is 12.1. The molecule has 2 aromatic carbocycles. The predicted molar refractivity (Wildman–Crippen MR) is 90.9 cm³/mol. The number of nitrogens with two attached hydrogens (primary N) is 1. The lowest BCUT2D eigenvalue weighted by molar-refractivity contribution is -0.156. The largest absolute Gasteiger partial charge is 0.485 e. The van der Waals surface area contributed by atoms with E-state index >= 15 is 0 Å². The van der Waals surface area contributed by atoms with E-state index < -0.39 is 30.5 Å². The number of primary amides is 1. The van der Waals surface area contributed by atoms with Crippen LogP contribution in [0.3, 0.4) is 0 Å². The van der Waals surface area contributed by atoms with Crippen molar-refractivity contribution in [2.75, 3.05) is 18.5 Å². The third-order valence-electron chi connectivity index (χ3n) is 3.58. The van der Waals surface area contributed by atoms with Crippen LogP contribution in [0.25, 0.3) is 0 Å². The Kier molecular flexibility index (Phi) is 5.02. The van der Waals surface area contributed by atoms with E-state index in [1.54, 1.807) is 36.4 Å². The van der Waals surface area contributed by atoms with Gasteiger partial charge in [-0.2, -0.15) is 0 Å². The first-order valence-corrected chi connectivity index (χ1v) is 7.78. The third-order valence-corrected chi connectivity index (χ3v) is 3.58. The number of carbonyl (C=O) groups excluding carboxylic acids is 3. The summed E-state index contributed by atoms with van der Waals surface area (Å²) in [6.07, 6.45) is -0.962. The Morgan fingerprint density at radius 2 is 1.77 bits per heavy atom. The Morgan fingerprint density at radius 3 is 2.54 bits per heavy atom. The Balaban J connectivity index is 1.54. The topological polar surface area (TPSA) is 117 Å². The highest BCUT2D eigenvalue weighted by Gasteiger charge is 2.29. The van der Waals surface area contributed by atoms with Crippen molar-refractivity contribution in [3.8, 4) is 11.5 Å². The molecule has 1 aliphatic heterocycles. The van der Waals surface area contributed by atoms with Gasteiger partial charge in [0, 0.05) is 0 Å². The molecule has 0 fully saturated rings. The van der Waals surface area contributed by atoms with Crippen molar-refractivity contribution in [3.05, 3.63) is 54.1 Å². The van der Waals surface area contributed by atoms with Gasteiger partial charge in [0.2, 0.25) is 6.10 Å². The number of anilines is 1. The highest BCUT2D eigenvalue weighted by Crippen LogP contribution is 2.31. The van der Waals surface area contributed by atoms with E-state index in [0.29, 0.717) is 11.5 Å². The average Bonchev–Trinajstić information content (AvgIpc) is 2.66. The van der Waals surface area contributed by atoms with Crippen LogP contribution in [0.2, 0.25) is 0 Å². The fourth-order valence-electron chi connectivity index (χ4n) is 2.36. The zero-order valence-electron chi connectivity index (χ0n) is 13.6. The summed E-state index contributed by atoms with van der Waals surface area (Å²) in [6.45, 7) is -0.546. The summed E-state index contributed by atoms with van der Waals surface area (Å²) in [5, 5.41) is 2.48. The third kappa shape index (κ3) is 3.92. The number of para-hydroxylation sites is 3. The van der Waals surface area contributed by atoms with Crippen molar-refractivity contribution in [1.29, 1.82) is 0 Å². The second-order valence-corrected chi connectivity index (χ2v) is 5.43. The molecule has 0 aromatic heterocycles. The average molecular weight is 356 g/mol. The van der Waals surface area contributed by atoms with Crippen molar-refractivity contribution in [2.45, 2.75) is 6.10 Å². The molecule has 0 aliphatic carbocycles. The van der Waals surface area contributed by atoms with Gasteiger partial charge >= 0.3 is 5.97 Å². The zero-order valence-corrected chi connectivity index (χ0v) is 13.6. The monoisotopic (exact) mass is 356 g/mol. The Hall–Kier alpha value is -3.55. The highest BCUT2D eigenvalue weighted by molar-refractivity contribution is 6.03. The van der Waals surface area contributed by atoms with Gasteiger partial charge in [0.15, 0.2) is 18.1 Å². The minimum Gasteiger partial charge on any atom is -0.485 e. The second kappa shape index (κ2) is 7.56. The van der Waals surface area contributed by atoms with Crippen molar-refractivity contribution in [1.82, 2.24) is 0 Å². The van der Waals surface area contributed by atoms with Gasteiger partial charge < -0.3 is 25.3 Å². The standard InChI is InChI=1S/C18H16N2O6/c19-17(22)11-5-1-2-6-12(11)20-16(21)10-25-18(23)15-9-24-13-7-3-4-8-14(13)26-15/h1-8,15H,9-10H2,(H2,19,22)(H,20,21)/t15-/m0/s1. The number of esters is 1. The molecule has 2 amide bonds. The summed E-state index contributed by atoms with van der Waals surface area (Å²) in [4.78, 5) is 35.4. The number of amides is 2. The van der Waals surface area contributed by atoms with Gasteiger partial charge in [-0.25, -0.2) is 4.79 Å². The minimum atomic E-state index is -0.962. The Bertz CT molecular complexity index is 851. The number of benzene rings is 2. The van der Waals surface area contributed by atoms with Gasteiger partial charge in [-0.05, 0) is 24.3 Å². The molecule has 1 atom stereocenters. The second-order valence-electron chi connectivity index (χ2n) is 5.43. The van der Waals surface area contributed by atoms with Crippen LogP contribution in [-0.4, -0.2) is 37.1 Å². The summed E-state index contributed by atoms with van der Waals surface area (Å²) in [7, 11) is 0. The summed E-state index contributed by atoms with van der Waals surface area (Å²) >= 11 is 0. The molecule has 2 aromatic rings. The van der Waals surface area contributed by atoms with Crippen LogP contribution in [0.1, 0.15) is 10.4 Å². The van der Waals surface area contributed by atoms with Crippen molar-refractivity contribution in [2.24, 2.45) is 5.73 Å². The number of ether oxygens (including phenoxy) is 3. The lowest BCUT2D eigenvalue weighted by atomic mass is 10.1. The van der Waals surface area contributed by atoms with Crippen molar-refractivity contribution in [3.63, 3.8) is 0 Å². The van der Waals surface area contributed by atoms with Gasteiger partial charge in [0.25, 0.3) is 11.8 Å². The summed E-state index contributed by atoms with van der Waals surface area (Å²) < 4.78 is 15.9. The molecule has 134 valence electrons. The molecule has 8 heteroatoms. The molecular formula is C18H16N2O6. The van der Waals surface area contributed by atoms with E-state index in [4.69, 9.17) is 19.9 Å². The smallest absolute Gasteiger partial charge is 0.351 e. The van der Waals surface area contributed by atoms with E-state index in [-0.39, 0.29) is 17.9 Å². The Morgan fingerprint density at radius 1 is 1.08 bits per heavy atom. The van der Waals surface area contributed by atoms with Crippen LogP contribution in [0, 0.1) is 0 Å². The molecule has 3 N–H and O–H groups in total. The molecule has 0 saturated carbocycles. The van der Waals surface area contributed by atoms with E-state index in [1.165, 1.54) is 12.1 Å². The van der Waals surface area contributed by atoms with E-state index in [9.17, 15) is 14.4 Å². The lowest BCUT2D eigenvalue weighted by Gasteiger charge is -2.24. The van der Waals surface area contributed by atoms with Crippen LogP contribution in [-0.2, 0) is 14.3 Å². The summed E-state index contributed by atoms with van der Waals surface area (Å²) in [5.74, 6) is -1.04. The maximum Gasteiger partial charge on any atom is 0.351 e. The Labute approximate surface area is 148 Å². The number of rotatable bonds is 5. The molecule has 8 nitrogen and oxygen atoms in total. The molecule has 0 unspecified atom stereocenters. The van der Waals surface area contributed by atoms with Gasteiger partial charge in [-0.15, -0.1) is 0 Å². The molecule has 1 aliphatic rings. The van der Waals surface area contributed by atoms with E-state index in [2.05, 4.69) is 5.32 Å². The van der Waals surface area contributed by atoms with Gasteiger partial charge in [-0.3, -0.25) is 9.59 Å². The highest BCUT2D eigenvalue weighted by atomic mass is 16.6. The van der Waals surface area contributed by atoms with E-state index in [1.807, 2.05) is 0 Å². The van der Waals surface area contributed by atoms with Crippen LogP contribution in [0.5, 0.6) is 11.5 Å². The van der Waals surface area contributed by atoms with Gasteiger partial charge in [0.1, 0.15) is 6.61 Å². The van der Waals surface area contributed by atoms with Crippen LogP contribution < -0.4 is 20.5 Å². The molecule has 1 heterocycles. The first kappa shape index (κ1) is 17.3. The number of hydrogen-bond donors (Lipinski definition) is 2. The first-order chi connectivity index (χ1) is 12.5. The summed E-state index contributed by atoms with van der Waals surface area (Å²) in [5.41, 5.74) is 5.65. The number of carbonyl (C=O) groups is 3. The maximum atomic E-state index is 12.1. The first-order valence-electron chi connectivity index (χ1n) is 7.78. The molecule has 26 heavy (non-hydrogen) atoms. The number of fused-ring (bicyclic) bond motifs is 1. The zero-order chi connectivity index (χ0) is 18.5. The van der Waals surface area contributed by atoms with Crippen LogP contribution in [0.15, 0.2) is 48.5 Å². The normalized spacial score (nSPS) is 15.0. The van der Waals surface area contributed by atoms with Gasteiger partial charge in [0.05, 0.1) is 11.3 Å². The van der Waals surface area contributed by atoms with Crippen LogP contribution in [0.4, 0.5) is 5.69 Å². The lowest BCUT2D eigenvalue weighted by Crippen LogP contribution is -2.39.